The van der Waals surface area contributed by atoms with E-state index >= 15 is 0 Å². The monoisotopic (exact) mass is 914 g/mol. The number of rotatable bonds is 14. The highest BCUT2D eigenvalue weighted by Crippen LogP contribution is 2.42. The van der Waals surface area contributed by atoms with Crippen molar-refractivity contribution in [3.63, 3.8) is 0 Å². The standard InChI is InChI=1S/C65H50N6/c1-49-48-66-64(50-32-36-58(37-33-50)70(56-28-16-6-17-29-56)62-44-40-60(41-45-62)68(52-20-8-2-9-21-52)53-22-10-3-11-23-53)65(67-49)51-34-38-59(39-35-51)71(57-30-18-7-19-31-57)63-46-42-61(43-47-63)69(54-24-12-4-13-25-54)55-26-14-5-15-27-55/h2-48H,1H3. The lowest BCUT2D eigenvalue weighted by molar-refractivity contribution is 1.13. The molecule has 0 aliphatic rings. The summed E-state index contributed by atoms with van der Waals surface area (Å²) in [6, 6.07) is 97.9. The molecule has 0 amide bonds. The van der Waals surface area contributed by atoms with Gasteiger partial charge in [-0.1, -0.05) is 133 Å². The Hall–Kier alpha value is -9.52. The summed E-state index contributed by atoms with van der Waals surface area (Å²) in [4.78, 5) is 19.3. The van der Waals surface area contributed by atoms with E-state index in [1.807, 2.05) is 13.1 Å². The molecule has 0 spiro atoms. The number of para-hydroxylation sites is 6. The number of nitrogens with zero attached hydrogens (tertiary/aromatic N) is 6. The first-order valence-electron chi connectivity index (χ1n) is 23.9. The molecule has 11 rings (SSSR count). The SMILES string of the molecule is Cc1cnc(-c2ccc(N(c3ccccc3)c3ccc(N(c4ccccc4)c4ccccc4)cc3)cc2)c(-c2ccc(N(c3ccccc3)c3ccc(N(c4ccccc4)c4ccccc4)cc3)cc2)n1. The highest BCUT2D eigenvalue weighted by atomic mass is 15.2. The van der Waals surface area contributed by atoms with Gasteiger partial charge in [-0.15, -0.1) is 0 Å². The van der Waals surface area contributed by atoms with Crippen LogP contribution in [0.5, 0.6) is 0 Å². The Morgan fingerprint density at radius 2 is 0.423 bits per heavy atom. The molecule has 10 aromatic carbocycles. The van der Waals surface area contributed by atoms with E-state index in [2.05, 4.69) is 299 Å². The zero-order chi connectivity index (χ0) is 47.8. The molecular weight excluding hydrogens is 865 g/mol. The average molecular weight is 915 g/mol. The largest absolute Gasteiger partial charge is 0.311 e. The fourth-order valence-electron chi connectivity index (χ4n) is 9.18. The summed E-state index contributed by atoms with van der Waals surface area (Å²) in [6.07, 6.45) is 1.85. The van der Waals surface area contributed by atoms with E-state index in [0.717, 1.165) is 96.5 Å². The predicted octanol–water partition coefficient (Wildman–Crippen LogP) is 18.0. The van der Waals surface area contributed by atoms with Crippen LogP contribution in [0.4, 0.5) is 68.2 Å². The molecule has 6 heteroatoms. The first kappa shape index (κ1) is 44.0. The normalized spacial score (nSPS) is 10.9. The van der Waals surface area contributed by atoms with Crippen LogP contribution in [0.15, 0.2) is 285 Å². The summed E-state index contributed by atoms with van der Waals surface area (Å²) in [5, 5.41) is 0. The van der Waals surface area contributed by atoms with E-state index in [1.54, 1.807) is 0 Å². The summed E-state index contributed by atoms with van der Waals surface area (Å²) >= 11 is 0. The van der Waals surface area contributed by atoms with Gasteiger partial charge in [0.15, 0.2) is 0 Å². The van der Waals surface area contributed by atoms with E-state index in [1.165, 1.54) is 0 Å². The fraction of sp³-hybridized carbons (Fsp3) is 0.0154. The van der Waals surface area contributed by atoms with E-state index in [4.69, 9.17) is 9.97 Å². The summed E-state index contributed by atoms with van der Waals surface area (Å²) in [5.74, 6) is 0. The van der Waals surface area contributed by atoms with Crippen LogP contribution in [0.3, 0.4) is 0 Å². The number of aromatic nitrogens is 2. The lowest BCUT2D eigenvalue weighted by Crippen LogP contribution is -2.12. The summed E-state index contributed by atoms with van der Waals surface area (Å²) in [7, 11) is 0. The van der Waals surface area contributed by atoms with E-state index in [0.29, 0.717) is 0 Å². The quantitative estimate of drug-likeness (QED) is 0.108. The molecule has 0 bridgehead atoms. The van der Waals surface area contributed by atoms with Crippen molar-refractivity contribution in [3.05, 3.63) is 291 Å². The molecule has 0 saturated carbocycles. The van der Waals surface area contributed by atoms with Crippen molar-refractivity contribution < 1.29 is 0 Å². The Balaban J connectivity index is 0.896. The van der Waals surface area contributed by atoms with Crippen molar-refractivity contribution in [2.45, 2.75) is 6.92 Å². The molecule has 0 N–H and O–H groups in total. The zero-order valence-corrected chi connectivity index (χ0v) is 39.3. The minimum atomic E-state index is 0.823. The van der Waals surface area contributed by atoms with Crippen molar-refractivity contribution in [2.24, 2.45) is 0 Å². The van der Waals surface area contributed by atoms with Gasteiger partial charge in [-0.05, 0) is 153 Å². The number of hydrogen-bond donors (Lipinski definition) is 0. The van der Waals surface area contributed by atoms with Crippen LogP contribution in [0.25, 0.3) is 22.5 Å². The molecule has 0 aliphatic heterocycles. The first-order chi connectivity index (χ1) is 35.1. The Labute approximate surface area is 416 Å². The second kappa shape index (κ2) is 20.4. The molecule has 11 aromatic rings. The van der Waals surface area contributed by atoms with Crippen molar-refractivity contribution in [1.29, 1.82) is 0 Å². The molecule has 6 nitrogen and oxygen atoms in total. The van der Waals surface area contributed by atoms with Crippen molar-refractivity contribution in [2.75, 3.05) is 19.6 Å². The van der Waals surface area contributed by atoms with Gasteiger partial charge < -0.3 is 19.6 Å². The third-order valence-electron chi connectivity index (χ3n) is 12.5. The maximum atomic E-state index is 5.11. The van der Waals surface area contributed by atoms with Gasteiger partial charge in [0.05, 0.1) is 17.1 Å². The maximum Gasteiger partial charge on any atom is 0.0968 e. The molecule has 0 saturated heterocycles. The minimum Gasteiger partial charge on any atom is -0.311 e. The average Bonchev–Trinajstić information content (AvgIpc) is 3.44. The highest BCUT2D eigenvalue weighted by molar-refractivity contribution is 5.86. The predicted molar refractivity (Wildman–Crippen MR) is 296 cm³/mol. The summed E-state index contributed by atoms with van der Waals surface area (Å²) in [5.41, 5.74) is 17.3. The lowest BCUT2D eigenvalue weighted by atomic mass is 10.0. The second-order valence-corrected chi connectivity index (χ2v) is 17.2. The van der Waals surface area contributed by atoms with Gasteiger partial charge in [-0.25, -0.2) is 4.98 Å². The van der Waals surface area contributed by atoms with Gasteiger partial charge in [-0.2, -0.15) is 0 Å². The van der Waals surface area contributed by atoms with Gasteiger partial charge >= 0.3 is 0 Å². The van der Waals surface area contributed by atoms with E-state index < -0.39 is 0 Å². The van der Waals surface area contributed by atoms with Crippen LogP contribution in [0, 0.1) is 6.92 Å². The van der Waals surface area contributed by atoms with Gasteiger partial charge in [0.1, 0.15) is 0 Å². The minimum absolute atomic E-state index is 0.823. The fourth-order valence-corrected chi connectivity index (χ4v) is 9.18. The van der Waals surface area contributed by atoms with Crippen LogP contribution < -0.4 is 19.6 Å². The van der Waals surface area contributed by atoms with Crippen LogP contribution in [-0.4, -0.2) is 9.97 Å². The summed E-state index contributed by atoms with van der Waals surface area (Å²) in [6.45, 7) is 2.00. The topological polar surface area (TPSA) is 38.7 Å². The van der Waals surface area contributed by atoms with Crippen LogP contribution >= 0.6 is 0 Å². The molecule has 0 aliphatic carbocycles. The van der Waals surface area contributed by atoms with Gasteiger partial charge in [0.2, 0.25) is 0 Å². The molecule has 0 atom stereocenters. The Kier molecular flexibility index (Phi) is 12.6. The molecule has 0 radical (unpaired) electrons. The van der Waals surface area contributed by atoms with Gasteiger partial charge in [-0.3, -0.25) is 4.98 Å². The van der Waals surface area contributed by atoms with Gasteiger partial charge in [0, 0.05) is 85.6 Å². The smallest absolute Gasteiger partial charge is 0.0968 e. The van der Waals surface area contributed by atoms with Crippen molar-refractivity contribution >= 4 is 68.2 Å². The molecule has 1 heterocycles. The molecule has 71 heavy (non-hydrogen) atoms. The molecule has 0 fully saturated rings. The third kappa shape index (κ3) is 9.51. The van der Waals surface area contributed by atoms with Crippen LogP contribution in [-0.2, 0) is 0 Å². The van der Waals surface area contributed by atoms with Gasteiger partial charge in [0.25, 0.3) is 0 Å². The van der Waals surface area contributed by atoms with Crippen LogP contribution in [0.1, 0.15) is 5.69 Å². The zero-order valence-electron chi connectivity index (χ0n) is 39.3. The molecular formula is C65H50N6. The number of anilines is 12. The Morgan fingerprint density at radius 1 is 0.225 bits per heavy atom. The number of aryl methyl sites for hydroxylation is 1. The summed E-state index contributed by atoms with van der Waals surface area (Å²) < 4.78 is 0. The maximum absolute atomic E-state index is 5.11. The van der Waals surface area contributed by atoms with Crippen molar-refractivity contribution in [1.82, 2.24) is 9.97 Å². The molecule has 1 aromatic heterocycles. The first-order valence-corrected chi connectivity index (χ1v) is 23.9. The molecule has 0 unspecified atom stereocenters. The van der Waals surface area contributed by atoms with Crippen LogP contribution in [0.2, 0.25) is 0 Å². The van der Waals surface area contributed by atoms with E-state index in [-0.39, 0.29) is 0 Å². The Bertz CT molecular complexity index is 3350. The highest BCUT2D eigenvalue weighted by Gasteiger charge is 2.20. The second-order valence-electron chi connectivity index (χ2n) is 17.2. The van der Waals surface area contributed by atoms with Crippen molar-refractivity contribution in [3.8, 4) is 22.5 Å². The third-order valence-corrected chi connectivity index (χ3v) is 12.5. The van der Waals surface area contributed by atoms with E-state index in [9.17, 15) is 0 Å². The Morgan fingerprint density at radius 3 is 0.662 bits per heavy atom. The molecule has 340 valence electrons. The number of hydrogen-bond acceptors (Lipinski definition) is 6. The lowest BCUT2D eigenvalue weighted by Gasteiger charge is -2.28. The number of benzene rings is 10.